The molecule has 2 N–H and O–H groups in total. The average molecular weight is 323 g/mol. The molecule has 0 radical (unpaired) electrons. The SMILES string of the molecule is Cc1ccc(-c2nc(C)c(C(=O)O)c(=O)[nH]2)c(Br)c1. The Morgan fingerprint density at radius 3 is 2.58 bits per heavy atom. The summed E-state index contributed by atoms with van der Waals surface area (Å²) >= 11 is 3.40. The molecular formula is C13H11BrN2O3. The molecule has 0 unspecified atom stereocenters. The number of nitrogens with zero attached hydrogens (tertiary/aromatic N) is 1. The fraction of sp³-hybridized carbons (Fsp3) is 0.154. The van der Waals surface area contributed by atoms with Gasteiger partial charge in [-0.3, -0.25) is 4.79 Å². The highest BCUT2D eigenvalue weighted by Gasteiger charge is 2.16. The summed E-state index contributed by atoms with van der Waals surface area (Å²) in [7, 11) is 0. The molecule has 2 rings (SSSR count). The summed E-state index contributed by atoms with van der Waals surface area (Å²) in [5, 5.41) is 8.93. The number of aromatic amines is 1. The standard InChI is InChI=1S/C13H11BrN2O3/c1-6-3-4-8(9(14)5-6)11-15-7(2)10(13(18)19)12(17)16-11/h3-5H,1-2H3,(H,18,19)(H,15,16,17). The lowest BCUT2D eigenvalue weighted by molar-refractivity contribution is 0.0693. The second-order valence-electron chi connectivity index (χ2n) is 4.16. The largest absolute Gasteiger partial charge is 0.477 e. The van der Waals surface area contributed by atoms with E-state index in [4.69, 9.17) is 5.11 Å². The van der Waals surface area contributed by atoms with Gasteiger partial charge in [0.15, 0.2) is 0 Å². The molecule has 98 valence electrons. The summed E-state index contributed by atoms with van der Waals surface area (Å²) in [6, 6.07) is 5.61. The number of halogens is 1. The molecule has 2 aromatic rings. The predicted octanol–water partition coefficient (Wildman–Crippen LogP) is 2.51. The van der Waals surface area contributed by atoms with E-state index in [-0.39, 0.29) is 11.3 Å². The number of benzene rings is 1. The molecule has 6 heteroatoms. The van der Waals surface area contributed by atoms with Gasteiger partial charge in [0.1, 0.15) is 11.4 Å². The molecule has 1 aromatic heterocycles. The van der Waals surface area contributed by atoms with E-state index < -0.39 is 11.5 Å². The quantitative estimate of drug-likeness (QED) is 0.889. The predicted molar refractivity (Wildman–Crippen MR) is 74.4 cm³/mol. The fourth-order valence-electron chi connectivity index (χ4n) is 1.78. The summed E-state index contributed by atoms with van der Waals surface area (Å²) in [5.74, 6) is -0.930. The molecule has 19 heavy (non-hydrogen) atoms. The lowest BCUT2D eigenvalue weighted by Gasteiger charge is -2.07. The van der Waals surface area contributed by atoms with Crippen LogP contribution in [-0.2, 0) is 0 Å². The molecule has 0 amide bonds. The van der Waals surface area contributed by atoms with Gasteiger partial charge in [-0.25, -0.2) is 9.78 Å². The van der Waals surface area contributed by atoms with Crippen LogP contribution in [0.15, 0.2) is 27.5 Å². The van der Waals surface area contributed by atoms with E-state index in [1.807, 2.05) is 25.1 Å². The Morgan fingerprint density at radius 2 is 2.05 bits per heavy atom. The van der Waals surface area contributed by atoms with Crippen LogP contribution in [0.1, 0.15) is 21.6 Å². The first-order chi connectivity index (χ1) is 8.90. The zero-order valence-corrected chi connectivity index (χ0v) is 11.9. The molecule has 0 aliphatic carbocycles. The number of aromatic carboxylic acids is 1. The first-order valence-corrected chi connectivity index (χ1v) is 6.30. The highest BCUT2D eigenvalue weighted by Crippen LogP contribution is 2.26. The van der Waals surface area contributed by atoms with Crippen molar-refractivity contribution in [3.05, 3.63) is 49.8 Å². The smallest absolute Gasteiger partial charge is 0.343 e. The Labute approximate surface area is 117 Å². The maximum Gasteiger partial charge on any atom is 0.343 e. The van der Waals surface area contributed by atoms with Crippen LogP contribution in [0.3, 0.4) is 0 Å². The Kier molecular flexibility index (Phi) is 3.53. The number of carboxylic acids is 1. The number of aromatic nitrogens is 2. The number of hydrogen-bond donors (Lipinski definition) is 2. The maximum absolute atomic E-state index is 11.8. The molecule has 0 fully saturated rings. The van der Waals surface area contributed by atoms with E-state index >= 15 is 0 Å². The molecule has 1 aromatic carbocycles. The van der Waals surface area contributed by atoms with E-state index in [9.17, 15) is 9.59 Å². The van der Waals surface area contributed by atoms with Gasteiger partial charge < -0.3 is 10.1 Å². The summed E-state index contributed by atoms with van der Waals surface area (Å²) in [4.78, 5) is 29.3. The molecular weight excluding hydrogens is 312 g/mol. The van der Waals surface area contributed by atoms with Gasteiger partial charge in [0, 0.05) is 10.0 Å². The van der Waals surface area contributed by atoms with Crippen LogP contribution < -0.4 is 5.56 Å². The van der Waals surface area contributed by atoms with Gasteiger partial charge in [-0.2, -0.15) is 0 Å². The fourth-order valence-corrected chi connectivity index (χ4v) is 2.46. The van der Waals surface area contributed by atoms with E-state index in [0.717, 1.165) is 10.0 Å². The van der Waals surface area contributed by atoms with Gasteiger partial charge in [-0.15, -0.1) is 0 Å². The van der Waals surface area contributed by atoms with Crippen LogP contribution in [0.2, 0.25) is 0 Å². The van der Waals surface area contributed by atoms with Crippen molar-refractivity contribution in [2.75, 3.05) is 0 Å². The normalized spacial score (nSPS) is 10.5. The molecule has 0 aliphatic rings. The van der Waals surface area contributed by atoms with Crippen molar-refractivity contribution in [3.63, 3.8) is 0 Å². The van der Waals surface area contributed by atoms with Crippen molar-refractivity contribution in [3.8, 4) is 11.4 Å². The monoisotopic (exact) mass is 322 g/mol. The minimum atomic E-state index is -1.28. The number of H-pyrrole nitrogens is 1. The third-order valence-corrected chi connectivity index (χ3v) is 3.35. The third-order valence-electron chi connectivity index (χ3n) is 2.69. The second-order valence-corrected chi connectivity index (χ2v) is 5.02. The van der Waals surface area contributed by atoms with E-state index in [1.165, 1.54) is 6.92 Å². The van der Waals surface area contributed by atoms with Gasteiger partial charge in [0.05, 0.1) is 5.69 Å². The Hall–Kier alpha value is -1.95. The summed E-state index contributed by atoms with van der Waals surface area (Å²) in [5.41, 5.74) is 0.993. The Balaban J connectivity index is 2.65. The topological polar surface area (TPSA) is 83.0 Å². The van der Waals surface area contributed by atoms with Gasteiger partial charge in [0.2, 0.25) is 0 Å². The van der Waals surface area contributed by atoms with Crippen molar-refractivity contribution in [1.29, 1.82) is 0 Å². The van der Waals surface area contributed by atoms with Crippen molar-refractivity contribution >= 4 is 21.9 Å². The summed E-state index contributed by atoms with van der Waals surface area (Å²) < 4.78 is 0.790. The Bertz CT molecular complexity index is 722. The molecule has 0 aliphatic heterocycles. The van der Waals surface area contributed by atoms with Crippen LogP contribution in [0.5, 0.6) is 0 Å². The molecule has 0 saturated heterocycles. The van der Waals surface area contributed by atoms with Gasteiger partial charge in [0.25, 0.3) is 5.56 Å². The summed E-state index contributed by atoms with van der Waals surface area (Å²) in [6.07, 6.45) is 0. The number of nitrogens with one attached hydrogen (secondary N) is 1. The molecule has 0 atom stereocenters. The van der Waals surface area contributed by atoms with Crippen LogP contribution in [0, 0.1) is 13.8 Å². The summed E-state index contributed by atoms with van der Waals surface area (Å²) in [6.45, 7) is 3.45. The van der Waals surface area contributed by atoms with Crippen LogP contribution >= 0.6 is 15.9 Å². The lowest BCUT2D eigenvalue weighted by Crippen LogP contribution is -2.21. The molecule has 5 nitrogen and oxygen atoms in total. The molecule has 0 bridgehead atoms. The average Bonchev–Trinajstić information content (AvgIpc) is 2.26. The maximum atomic E-state index is 11.8. The number of rotatable bonds is 2. The number of carbonyl (C=O) groups is 1. The molecule has 1 heterocycles. The van der Waals surface area contributed by atoms with Gasteiger partial charge in [-0.1, -0.05) is 22.0 Å². The van der Waals surface area contributed by atoms with E-state index in [0.29, 0.717) is 11.4 Å². The van der Waals surface area contributed by atoms with Crippen molar-refractivity contribution < 1.29 is 9.90 Å². The lowest BCUT2D eigenvalue weighted by atomic mass is 10.1. The molecule has 0 spiro atoms. The highest BCUT2D eigenvalue weighted by molar-refractivity contribution is 9.10. The number of hydrogen-bond acceptors (Lipinski definition) is 3. The minimum Gasteiger partial charge on any atom is -0.477 e. The van der Waals surface area contributed by atoms with Crippen LogP contribution in [0.4, 0.5) is 0 Å². The zero-order valence-electron chi connectivity index (χ0n) is 10.3. The zero-order chi connectivity index (χ0) is 14.2. The third kappa shape index (κ3) is 2.58. The minimum absolute atomic E-state index is 0.193. The first-order valence-electron chi connectivity index (χ1n) is 5.51. The van der Waals surface area contributed by atoms with E-state index in [1.54, 1.807) is 0 Å². The van der Waals surface area contributed by atoms with Crippen LogP contribution in [0.25, 0.3) is 11.4 Å². The van der Waals surface area contributed by atoms with Crippen molar-refractivity contribution in [2.45, 2.75) is 13.8 Å². The second kappa shape index (κ2) is 4.97. The van der Waals surface area contributed by atoms with Crippen LogP contribution in [-0.4, -0.2) is 21.0 Å². The Morgan fingerprint density at radius 1 is 1.37 bits per heavy atom. The van der Waals surface area contributed by atoms with Crippen molar-refractivity contribution in [1.82, 2.24) is 9.97 Å². The number of aryl methyl sites for hydroxylation is 2. The van der Waals surface area contributed by atoms with E-state index in [2.05, 4.69) is 25.9 Å². The number of carboxylic acid groups (broad SMARTS) is 1. The van der Waals surface area contributed by atoms with Gasteiger partial charge in [-0.05, 0) is 31.5 Å². The first kappa shape index (κ1) is 13.5. The molecule has 0 saturated carbocycles. The van der Waals surface area contributed by atoms with Crippen molar-refractivity contribution in [2.24, 2.45) is 0 Å². The highest BCUT2D eigenvalue weighted by atomic mass is 79.9. The van der Waals surface area contributed by atoms with Gasteiger partial charge >= 0.3 is 5.97 Å².